The van der Waals surface area contributed by atoms with Gasteiger partial charge in [-0.15, -0.1) is 0 Å². The van der Waals surface area contributed by atoms with Crippen LogP contribution in [-0.4, -0.2) is 74.3 Å². The third kappa shape index (κ3) is 10.8. The van der Waals surface area contributed by atoms with E-state index in [1.54, 1.807) is 0 Å². The van der Waals surface area contributed by atoms with Gasteiger partial charge in [0.15, 0.2) is 0 Å². The standard InChI is InChI=1S/C32H80O8Si8/c1-17-25(9)45(26(10)18-2)36-43-34-41-33-42-35-44-37-46(27(11)19-3,28(12)20-4)39-48(31(15)23-7,32(16)24-8)40-47(38-45,29(13)21-5)30(14)22-6/h25-32H,17-24,41-44H2,1-16H3. The van der Waals surface area contributed by atoms with E-state index in [1.165, 1.54) is 0 Å². The Morgan fingerprint density at radius 2 is 0.500 bits per heavy atom. The molecule has 0 bridgehead atoms. The summed E-state index contributed by atoms with van der Waals surface area (Å²) in [7, 11) is -16.9. The van der Waals surface area contributed by atoms with Crippen molar-refractivity contribution in [2.24, 2.45) is 0 Å². The van der Waals surface area contributed by atoms with Gasteiger partial charge in [0.2, 0.25) is 0 Å². The maximum atomic E-state index is 8.41. The monoisotopic (exact) mass is 816 g/mol. The first-order valence-electron chi connectivity index (χ1n) is 19.8. The minimum absolute atomic E-state index is 0.270. The van der Waals surface area contributed by atoms with Crippen molar-refractivity contribution >= 4 is 74.3 Å². The third-order valence-electron chi connectivity index (χ3n) is 12.4. The van der Waals surface area contributed by atoms with Gasteiger partial charge in [-0.3, -0.25) is 0 Å². The highest BCUT2D eigenvalue weighted by Crippen LogP contribution is 2.54. The largest absolute Gasteiger partial charge is 0.425 e. The summed E-state index contributed by atoms with van der Waals surface area (Å²) in [5, 5.41) is 0. The van der Waals surface area contributed by atoms with Gasteiger partial charge in [-0.25, -0.2) is 0 Å². The van der Waals surface area contributed by atoms with E-state index in [1.807, 2.05) is 0 Å². The first kappa shape index (κ1) is 47.4. The Hall–Kier alpha value is 1.42. The lowest BCUT2D eigenvalue weighted by molar-refractivity contribution is 0.203. The SMILES string of the molecule is CCC(C)[Si]1(C(C)CC)O[SiH2]O[SiH2]O[SiH2]O[SiH2]O[Si](C(C)CC)(C(C)CC)O[Si](C(C)CC)(C(C)CC)O[Si](C(C)CC)(C(C)CC)O1. The van der Waals surface area contributed by atoms with Gasteiger partial charge in [-0.2, -0.15) is 0 Å². The fourth-order valence-corrected chi connectivity index (χ4v) is 46.1. The second-order valence-corrected chi connectivity index (χ2v) is 39.3. The zero-order valence-electron chi connectivity index (χ0n) is 34.4. The summed E-state index contributed by atoms with van der Waals surface area (Å²) in [5.74, 6) is 0. The van der Waals surface area contributed by atoms with E-state index in [2.05, 4.69) is 111 Å². The molecule has 1 aliphatic rings. The molecule has 1 fully saturated rings. The van der Waals surface area contributed by atoms with Crippen molar-refractivity contribution in [3.8, 4) is 0 Å². The predicted octanol–water partition coefficient (Wildman–Crippen LogP) is 8.30. The van der Waals surface area contributed by atoms with Crippen LogP contribution in [0, 0.1) is 0 Å². The summed E-state index contributed by atoms with van der Waals surface area (Å²) >= 11 is 0. The third-order valence-corrected chi connectivity index (χ3v) is 42.9. The maximum absolute atomic E-state index is 8.41. The maximum Gasteiger partial charge on any atom is 0.326 e. The van der Waals surface area contributed by atoms with E-state index in [4.69, 9.17) is 32.9 Å². The van der Waals surface area contributed by atoms with Crippen molar-refractivity contribution in [2.75, 3.05) is 0 Å². The van der Waals surface area contributed by atoms with Gasteiger partial charge >= 0.3 is 34.2 Å². The van der Waals surface area contributed by atoms with Gasteiger partial charge in [-0.05, 0) is 44.3 Å². The molecule has 0 radical (unpaired) electrons. The van der Waals surface area contributed by atoms with Gasteiger partial charge in [0.1, 0.15) is 0 Å². The molecule has 16 heteroatoms. The van der Waals surface area contributed by atoms with Crippen LogP contribution in [-0.2, 0) is 32.9 Å². The van der Waals surface area contributed by atoms with Crippen molar-refractivity contribution < 1.29 is 32.9 Å². The molecule has 0 aromatic carbocycles. The van der Waals surface area contributed by atoms with Crippen LogP contribution in [0.1, 0.15) is 162 Å². The molecule has 1 heterocycles. The average Bonchev–Trinajstić information content (AvgIpc) is 3.11. The summed E-state index contributed by atoms with van der Waals surface area (Å²) in [4.78, 5) is 0. The minimum atomic E-state index is -3.08. The fraction of sp³-hybridized carbons (Fsp3) is 1.00. The van der Waals surface area contributed by atoms with Gasteiger partial charge in [-0.1, -0.05) is 162 Å². The molecule has 8 nitrogen and oxygen atoms in total. The summed E-state index contributed by atoms with van der Waals surface area (Å²) < 4.78 is 58.1. The number of rotatable bonds is 16. The molecule has 8 unspecified atom stereocenters. The molecule has 0 amide bonds. The average molecular weight is 818 g/mol. The first-order valence-corrected chi connectivity index (χ1v) is 32.3. The van der Waals surface area contributed by atoms with Crippen LogP contribution in [0.2, 0.25) is 44.3 Å². The summed E-state index contributed by atoms with van der Waals surface area (Å²) in [6.45, 7) is 37.7. The van der Waals surface area contributed by atoms with Crippen molar-refractivity contribution in [3.05, 3.63) is 0 Å². The Morgan fingerprint density at radius 1 is 0.312 bits per heavy atom. The molecule has 8 atom stereocenters. The summed E-state index contributed by atoms with van der Waals surface area (Å²) in [6.07, 6.45) is 8.06. The Kier molecular flexibility index (Phi) is 22.3. The Morgan fingerprint density at radius 3 is 0.729 bits per heavy atom. The van der Waals surface area contributed by atoms with E-state index >= 15 is 0 Å². The Balaban J connectivity index is 4.45. The van der Waals surface area contributed by atoms with Crippen molar-refractivity contribution in [1.82, 2.24) is 0 Å². The molecular formula is C32H80O8Si8. The molecule has 48 heavy (non-hydrogen) atoms. The lowest BCUT2D eigenvalue weighted by Crippen LogP contribution is -2.70. The molecule has 0 aromatic heterocycles. The van der Waals surface area contributed by atoms with Gasteiger partial charge in [0.05, 0.1) is 0 Å². The van der Waals surface area contributed by atoms with E-state index in [0.717, 1.165) is 51.4 Å². The zero-order valence-corrected chi connectivity index (χ0v) is 44.0. The van der Waals surface area contributed by atoms with Crippen molar-refractivity contribution in [2.45, 2.75) is 206 Å². The normalized spacial score (nSPS) is 36.0. The number of hydrogen-bond donors (Lipinski definition) is 0. The van der Waals surface area contributed by atoms with Gasteiger partial charge in [0.25, 0.3) is 40.0 Å². The van der Waals surface area contributed by atoms with E-state index < -0.39 is 74.3 Å². The van der Waals surface area contributed by atoms with Crippen LogP contribution >= 0.6 is 0 Å². The van der Waals surface area contributed by atoms with Crippen LogP contribution in [0.4, 0.5) is 0 Å². The predicted molar refractivity (Wildman–Crippen MR) is 224 cm³/mol. The molecule has 1 saturated heterocycles. The van der Waals surface area contributed by atoms with E-state index in [0.29, 0.717) is 22.2 Å². The lowest BCUT2D eigenvalue weighted by Gasteiger charge is -2.57. The van der Waals surface area contributed by atoms with E-state index in [-0.39, 0.29) is 22.2 Å². The highest BCUT2D eigenvalue weighted by Gasteiger charge is 2.65. The summed E-state index contributed by atoms with van der Waals surface area (Å²) in [6, 6.07) is 0. The van der Waals surface area contributed by atoms with Crippen molar-refractivity contribution in [1.29, 1.82) is 0 Å². The van der Waals surface area contributed by atoms with Crippen LogP contribution in [0.5, 0.6) is 0 Å². The van der Waals surface area contributed by atoms with Crippen LogP contribution in [0.15, 0.2) is 0 Å². The lowest BCUT2D eigenvalue weighted by atomic mass is 10.3. The molecule has 0 N–H and O–H groups in total. The molecular weight excluding hydrogens is 737 g/mol. The van der Waals surface area contributed by atoms with Crippen LogP contribution in [0.25, 0.3) is 0 Å². The quantitative estimate of drug-likeness (QED) is 0.144. The first-order chi connectivity index (χ1) is 22.7. The highest BCUT2D eigenvalue weighted by atomic mass is 28.5. The van der Waals surface area contributed by atoms with Gasteiger partial charge in [0, 0.05) is 0 Å². The Bertz CT molecular complexity index is 774. The molecule has 1 rings (SSSR count). The zero-order chi connectivity index (χ0) is 36.8. The molecule has 0 spiro atoms. The van der Waals surface area contributed by atoms with Crippen LogP contribution in [0.3, 0.4) is 0 Å². The Labute approximate surface area is 312 Å². The highest BCUT2D eigenvalue weighted by molar-refractivity contribution is 6.93. The number of hydrogen-bond acceptors (Lipinski definition) is 8. The van der Waals surface area contributed by atoms with Crippen molar-refractivity contribution in [3.63, 3.8) is 0 Å². The summed E-state index contributed by atoms with van der Waals surface area (Å²) in [5.41, 5.74) is 2.30. The second-order valence-electron chi connectivity index (χ2n) is 15.0. The molecule has 1 aliphatic heterocycles. The minimum Gasteiger partial charge on any atom is -0.425 e. The van der Waals surface area contributed by atoms with Gasteiger partial charge < -0.3 is 32.9 Å². The topological polar surface area (TPSA) is 73.8 Å². The van der Waals surface area contributed by atoms with E-state index in [9.17, 15) is 0 Å². The van der Waals surface area contributed by atoms with Crippen LogP contribution < -0.4 is 0 Å². The molecule has 0 aliphatic carbocycles. The smallest absolute Gasteiger partial charge is 0.326 e. The molecule has 0 saturated carbocycles. The fourth-order valence-electron chi connectivity index (χ4n) is 7.33. The molecule has 0 aromatic rings. The second kappa shape index (κ2) is 22.6. The molecule has 288 valence electrons.